The van der Waals surface area contributed by atoms with Gasteiger partial charge in [-0.1, -0.05) is 30.3 Å². The van der Waals surface area contributed by atoms with E-state index >= 15 is 0 Å². The van der Waals surface area contributed by atoms with Crippen molar-refractivity contribution in [1.82, 2.24) is 25.3 Å². The Kier molecular flexibility index (Phi) is 4.13. The van der Waals surface area contributed by atoms with Crippen LogP contribution in [0.25, 0.3) is 11.3 Å². The van der Waals surface area contributed by atoms with Crippen molar-refractivity contribution in [2.24, 2.45) is 0 Å². The van der Waals surface area contributed by atoms with E-state index in [9.17, 15) is 9.59 Å². The van der Waals surface area contributed by atoms with Crippen LogP contribution >= 0.6 is 0 Å². The van der Waals surface area contributed by atoms with Crippen LogP contribution in [0, 0.1) is 0 Å². The maximum Gasteiger partial charge on any atom is 0.317 e. The van der Waals surface area contributed by atoms with Gasteiger partial charge in [0.25, 0.3) is 5.91 Å². The van der Waals surface area contributed by atoms with Gasteiger partial charge in [-0.3, -0.25) is 9.89 Å². The molecular formula is C18H21N5O2. The Morgan fingerprint density at radius 3 is 2.80 bits per heavy atom. The molecule has 0 radical (unpaired) electrons. The number of hydrogen-bond acceptors (Lipinski definition) is 3. The number of nitrogens with one attached hydrogen (secondary N) is 2. The van der Waals surface area contributed by atoms with E-state index in [0.29, 0.717) is 31.9 Å². The lowest BCUT2D eigenvalue weighted by Crippen LogP contribution is -2.50. The summed E-state index contributed by atoms with van der Waals surface area (Å²) in [6.45, 7) is 2.69. The molecule has 3 amide bonds. The fraction of sp³-hybridized carbons (Fsp3) is 0.389. The van der Waals surface area contributed by atoms with Crippen LogP contribution in [0.15, 0.2) is 36.4 Å². The van der Waals surface area contributed by atoms with Gasteiger partial charge in [0.2, 0.25) is 0 Å². The van der Waals surface area contributed by atoms with Crippen LogP contribution in [0.1, 0.15) is 23.3 Å². The molecule has 1 aromatic heterocycles. The van der Waals surface area contributed by atoms with Crippen molar-refractivity contribution in [3.63, 3.8) is 0 Å². The number of H-pyrrole nitrogens is 1. The maximum atomic E-state index is 12.8. The molecule has 7 heteroatoms. The number of piperidine rings is 1. The minimum absolute atomic E-state index is 0.0211. The van der Waals surface area contributed by atoms with Crippen LogP contribution in [0.3, 0.4) is 0 Å². The quantitative estimate of drug-likeness (QED) is 0.893. The highest BCUT2D eigenvalue weighted by atomic mass is 16.2. The first-order valence-electron chi connectivity index (χ1n) is 8.67. The van der Waals surface area contributed by atoms with Gasteiger partial charge in [0, 0.05) is 31.7 Å². The minimum Gasteiger partial charge on any atom is -0.336 e. The Balaban J connectivity index is 1.47. The molecule has 7 nitrogen and oxygen atoms in total. The number of urea groups is 1. The lowest BCUT2D eigenvalue weighted by Gasteiger charge is -2.36. The van der Waals surface area contributed by atoms with Gasteiger partial charge in [0.1, 0.15) is 5.69 Å². The van der Waals surface area contributed by atoms with Crippen LogP contribution in [0.2, 0.25) is 0 Å². The summed E-state index contributed by atoms with van der Waals surface area (Å²) in [5.74, 6) is -0.0565. The molecule has 4 rings (SSSR count). The Labute approximate surface area is 146 Å². The highest BCUT2D eigenvalue weighted by Gasteiger charge is 2.33. The highest BCUT2D eigenvalue weighted by Crippen LogP contribution is 2.21. The van der Waals surface area contributed by atoms with E-state index < -0.39 is 0 Å². The number of carbonyl (C=O) groups is 2. The predicted molar refractivity (Wildman–Crippen MR) is 93.1 cm³/mol. The van der Waals surface area contributed by atoms with E-state index in [0.717, 1.165) is 24.1 Å². The summed E-state index contributed by atoms with van der Waals surface area (Å²) in [6, 6.07) is 11.6. The summed E-state index contributed by atoms with van der Waals surface area (Å²) in [4.78, 5) is 28.4. The molecule has 2 aliphatic rings. The second-order valence-corrected chi connectivity index (χ2v) is 6.51. The van der Waals surface area contributed by atoms with Crippen molar-refractivity contribution in [2.75, 3.05) is 26.2 Å². The van der Waals surface area contributed by atoms with Crippen LogP contribution < -0.4 is 5.32 Å². The second-order valence-electron chi connectivity index (χ2n) is 6.51. The molecule has 1 unspecified atom stereocenters. The number of nitrogens with zero attached hydrogens (tertiary/aromatic N) is 3. The average molecular weight is 339 g/mol. The Bertz CT molecular complexity index is 773. The summed E-state index contributed by atoms with van der Waals surface area (Å²) in [5, 5.41) is 9.96. The fourth-order valence-corrected chi connectivity index (χ4v) is 3.59. The van der Waals surface area contributed by atoms with Crippen molar-refractivity contribution >= 4 is 11.9 Å². The van der Waals surface area contributed by atoms with Gasteiger partial charge in [-0.25, -0.2) is 4.79 Å². The number of likely N-dealkylation sites (tertiary alicyclic amines) is 1. The largest absolute Gasteiger partial charge is 0.336 e. The summed E-state index contributed by atoms with van der Waals surface area (Å²) in [5.41, 5.74) is 2.23. The standard InChI is InChI=1S/C18H21N5O2/c24-17(16-11-15(20-21-16)13-5-2-1-3-6-13)22-9-4-7-14(12-22)23-10-8-19-18(23)25/h1-3,5-6,11,14H,4,7-10,12H2,(H,19,25)(H,20,21). The molecule has 1 aromatic carbocycles. The number of aromatic nitrogens is 2. The van der Waals surface area contributed by atoms with Gasteiger partial charge in [-0.05, 0) is 18.9 Å². The first-order valence-corrected chi connectivity index (χ1v) is 8.67. The lowest BCUT2D eigenvalue weighted by molar-refractivity contribution is 0.0628. The molecule has 0 aliphatic carbocycles. The molecule has 130 valence electrons. The zero-order valence-corrected chi connectivity index (χ0v) is 13.9. The number of hydrogen-bond donors (Lipinski definition) is 2. The van der Waals surface area contributed by atoms with Gasteiger partial charge < -0.3 is 15.1 Å². The molecule has 0 bridgehead atoms. The molecule has 1 atom stereocenters. The van der Waals surface area contributed by atoms with Crippen molar-refractivity contribution in [1.29, 1.82) is 0 Å². The van der Waals surface area contributed by atoms with E-state index in [4.69, 9.17) is 0 Å². The third kappa shape index (κ3) is 3.09. The van der Waals surface area contributed by atoms with Crippen molar-refractivity contribution < 1.29 is 9.59 Å². The Hall–Kier alpha value is -2.83. The van der Waals surface area contributed by atoms with Crippen molar-refractivity contribution in [3.05, 3.63) is 42.1 Å². The molecule has 2 aliphatic heterocycles. The molecule has 2 fully saturated rings. The zero-order valence-electron chi connectivity index (χ0n) is 13.9. The van der Waals surface area contributed by atoms with Gasteiger partial charge in [-0.15, -0.1) is 0 Å². The van der Waals surface area contributed by atoms with Crippen LogP contribution in [-0.4, -0.2) is 64.2 Å². The third-order valence-corrected chi connectivity index (χ3v) is 4.89. The van der Waals surface area contributed by atoms with Crippen LogP contribution in [0.5, 0.6) is 0 Å². The average Bonchev–Trinajstić information content (AvgIpc) is 3.31. The van der Waals surface area contributed by atoms with E-state index in [2.05, 4.69) is 15.5 Å². The van der Waals surface area contributed by atoms with Gasteiger partial charge in [0.05, 0.1) is 11.7 Å². The molecule has 0 saturated carbocycles. The molecule has 3 heterocycles. The number of amides is 3. The number of aromatic amines is 1. The van der Waals surface area contributed by atoms with Crippen LogP contribution in [-0.2, 0) is 0 Å². The SMILES string of the molecule is O=C(c1cc(-c2ccccc2)n[nH]1)N1CCCC(N2CCNC2=O)C1. The summed E-state index contributed by atoms with van der Waals surface area (Å²) in [6.07, 6.45) is 1.84. The molecule has 25 heavy (non-hydrogen) atoms. The topological polar surface area (TPSA) is 81.3 Å². The summed E-state index contributed by atoms with van der Waals surface area (Å²) < 4.78 is 0. The van der Waals surface area contributed by atoms with E-state index in [-0.39, 0.29) is 18.0 Å². The number of benzene rings is 1. The van der Waals surface area contributed by atoms with Crippen LogP contribution in [0.4, 0.5) is 4.79 Å². The highest BCUT2D eigenvalue weighted by molar-refractivity contribution is 5.93. The molecule has 2 saturated heterocycles. The first kappa shape index (κ1) is 15.7. The molecule has 0 spiro atoms. The monoisotopic (exact) mass is 339 g/mol. The van der Waals surface area contributed by atoms with Crippen molar-refractivity contribution in [2.45, 2.75) is 18.9 Å². The lowest BCUT2D eigenvalue weighted by atomic mass is 10.0. The van der Waals surface area contributed by atoms with Crippen molar-refractivity contribution in [3.8, 4) is 11.3 Å². The molecule has 2 N–H and O–H groups in total. The van der Waals surface area contributed by atoms with E-state index in [1.807, 2.05) is 40.1 Å². The normalized spacial score (nSPS) is 20.6. The third-order valence-electron chi connectivity index (χ3n) is 4.89. The van der Waals surface area contributed by atoms with E-state index in [1.54, 1.807) is 6.07 Å². The fourth-order valence-electron chi connectivity index (χ4n) is 3.59. The van der Waals surface area contributed by atoms with Gasteiger partial charge >= 0.3 is 6.03 Å². The van der Waals surface area contributed by atoms with Gasteiger partial charge in [-0.2, -0.15) is 5.10 Å². The van der Waals surface area contributed by atoms with E-state index in [1.165, 1.54) is 0 Å². The zero-order chi connectivity index (χ0) is 17.2. The molecule has 2 aromatic rings. The minimum atomic E-state index is -0.0565. The first-order chi connectivity index (χ1) is 12.2. The van der Waals surface area contributed by atoms with Gasteiger partial charge in [0.15, 0.2) is 0 Å². The maximum absolute atomic E-state index is 12.8. The summed E-state index contributed by atoms with van der Waals surface area (Å²) in [7, 11) is 0. The smallest absolute Gasteiger partial charge is 0.317 e. The number of carbonyl (C=O) groups excluding carboxylic acids is 2. The second kappa shape index (κ2) is 6.58. The number of rotatable bonds is 3. The predicted octanol–water partition coefficient (Wildman–Crippen LogP) is 1.71. The Morgan fingerprint density at radius 1 is 1.20 bits per heavy atom. The summed E-state index contributed by atoms with van der Waals surface area (Å²) >= 11 is 0. The Morgan fingerprint density at radius 2 is 2.04 bits per heavy atom. The molecular weight excluding hydrogens is 318 g/mol.